The second kappa shape index (κ2) is 9.39. The molecule has 0 bridgehead atoms. The first-order valence-electron chi connectivity index (χ1n) is 9.36. The van der Waals surface area contributed by atoms with Crippen LogP contribution in [0.15, 0.2) is 24.3 Å². The lowest BCUT2D eigenvalue weighted by Gasteiger charge is -2.35. The van der Waals surface area contributed by atoms with Gasteiger partial charge in [-0.1, -0.05) is 23.7 Å². The summed E-state index contributed by atoms with van der Waals surface area (Å²) in [7, 11) is 0. The SMILES string of the molecule is CCOC(=O)CCNC(=O)N[C@H]1C[C@H]2CO[C@@H](c3ccc(Cl)cc3)CN2C1. The van der Waals surface area contributed by atoms with Crippen LogP contribution in [-0.4, -0.2) is 61.8 Å². The van der Waals surface area contributed by atoms with E-state index in [0.717, 1.165) is 25.1 Å². The second-order valence-electron chi connectivity index (χ2n) is 6.87. The molecule has 0 saturated carbocycles. The van der Waals surface area contributed by atoms with Crippen molar-refractivity contribution in [2.75, 3.05) is 32.8 Å². The van der Waals surface area contributed by atoms with Crippen molar-refractivity contribution in [2.45, 2.75) is 38.0 Å². The van der Waals surface area contributed by atoms with Crippen LogP contribution >= 0.6 is 11.6 Å². The lowest BCUT2D eigenvalue weighted by atomic mass is 10.1. The second-order valence-corrected chi connectivity index (χ2v) is 7.31. The summed E-state index contributed by atoms with van der Waals surface area (Å²) in [5, 5.41) is 6.41. The third-order valence-corrected chi connectivity index (χ3v) is 5.17. The van der Waals surface area contributed by atoms with Crippen molar-refractivity contribution in [1.82, 2.24) is 15.5 Å². The van der Waals surface area contributed by atoms with E-state index in [1.807, 2.05) is 24.3 Å². The Kier molecular flexibility index (Phi) is 6.93. The number of morpholine rings is 1. The molecule has 2 N–H and O–H groups in total. The number of amides is 2. The van der Waals surface area contributed by atoms with Gasteiger partial charge < -0.3 is 20.1 Å². The molecule has 0 radical (unpaired) electrons. The van der Waals surface area contributed by atoms with Gasteiger partial charge in [-0.15, -0.1) is 0 Å². The highest BCUT2D eigenvalue weighted by molar-refractivity contribution is 6.30. The first kappa shape index (κ1) is 19.9. The minimum atomic E-state index is -0.304. The van der Waals surface area contributed by atoms with Crippen molar-refractivity contribution in [1.29, 1.82) is 0 Å². The summed E-state index contributed by atoms with van der Waals surface area (Å²) in [6.07, 6.45) is 1.06. The average Bonchev–Trinajstić information content (AvgIpc) is 3.03. The number of rotatable bonds is 6. The zero-order valence-electron chi connectivity index (χ0n) is 15.4. The largest absolute Gasteiger partial charge is 0.466 e. The Morgan fingerprint density at radius 3 is 2.81 bits per heavy atom. The fraction of sp³-hybridized carbons (Fsp3) is 0.579. The Hall–Kier alpha value is -1.83. The van der Waals surface area contributed by atoms with Gasteiger partial charge in [0, 0.05) is 36.7 Å². The number of esters is 1. The standard InChI is InChI=1S/C19H26ClN3O4/c1-2-26-18(24)7-8-21-19(25)22-15-9-16-12-27-17(11-23(16)10-15)13-3-5-14(20)6-4-13/h3-6,15-17H,2,7-12H2,1H3,(H2,21,22,25)/t15-,16-,17+/m0/s1. The first-order chi connectivity index (χ1) is 13.0. The lowest BCUT2D eigenvalue weighted by Crippen LogP contribution is -2.45. The maximum Gasteiger partial charge on any atom is 0.315 e. The maximum atomic E-state index is 12.0. The molecule has 2 amide bonds. The van der Waals surface area contributed by atoms with Crippen LogP contribution in [0.25, 0.3) is 0 Å². The molecule has 3 atom stereocenters. The Bertz CT molecular complexity index is 655. The molecular formula is C19H26ClN3O4. The molecule has 0 spiro atoms. The van der Waals surface area contributed by atoms with Crippen LogP contribution in [0.3, 0.4) is 0 Å². The Morgan fingerprint density at radius 2 is 2.07 bits per heavy atom. The summed E-state index contributed by atoms with van der Waals surface area (Å²) < 4.78 is 10.9. The number of carbonyl (C=O) groups is 2. The first-order valence-corrected chi connectivity index (χ1v) is 9.74. The average molecular weight is 396 g/mol. The summed E-state index contributed by atoms with van der Waals surface area (Å²) in [4.78, 5) is 25.7. The normalized spacial score (nSPS) is 24.9. The van der Waals surface area contributed by atoms with Gasteiger partial charge in [0.25, 0.3) is 0 Å². The molecule has 0 aromatic heterocycles. The van der Waals surface area contributed by atoms with Gasteiger partial charge in [0.1, 0.15) is 0 Å². The third kappa shape index (κ3) is 5.57. The number of halogens is 1. The molecule has 27 heavy (non-hydrogen) atoms. The lowest BCUT2D eigenvalue weighted by molar-refractivity contribution is -0.142. The van der Waals surface area contributed by atoms with Crippen molar-refractivity contribution >= 4 is 23.6 Å². The van der Waals surface area contributed by atoms with Gasteiger partial charge >= 0.3 is 12.0 Å². The van der Waals surface area contributed by atoms with Crippen LogP contribution in [0.2, 0.25) is 5.02 Å². The monoisotopic (exact) mass is 395 g/mol. The van der Waals surface area contributed by atoms with E-state index in [1.54, 1.807) is 6.92 Å². The molecule has 2 aliphatic heterocycles. The number of hydrogen-bond donors (Lipinski definition) is 2. The highest BCUT2D eigenvalue weighted by atomic mass is 35.5. The van der Waals surface area contributed by atoms with Crippen molar-refractivity contribution in [3.63, 3.8) is 0 Å². The van der Waals surface area contributed by atoms with E-state index >= 15 is 0 Å². The van der Waals surface area contributed by atoms with E-state index in [1.165, 1.54) is 0 Å². The molecule has 2 saturated heterocycles. The van der Waals surface area contributed by atoms with Crippen LogP contribution in [0.5, 0.6) is 0 Å². The van der Waals surface area contributed by atoms with E-state index in [2.05, 4.69) is 15.5 Å². The van der Waals surface area contributed by atoms with E-state index in [4.69, 9.17) is 21.1 Å². The quantitative estimate of drug-likeness (QED) is 0.721. The number of nitrogens with one attached hydrogen (secondary N) is 2. The summed E-state index contributed by atoms with van der Waals surface area (Å²) in [5.74, 6) is -0.304. The minimum absolute atomic E-state index is 0.0238. The molecule has 7 nitrogen and oxygen atoms in total. The third-order valence-electron chi connectivity index (χ3n) is 4.92. The zero-order chi connectivity index (χ0) is 19.2. The van der Waals surface area contributed by atoms with Gasteiger partial charge in [0.2, 0.25) is 0 Å². The predicted molar refractivity (Wildman–Crippen MR) is 102 cm³/mol. The number of ether oxygens (including phenoxy) is 2. The molecule has 2 heterocycles. The van der Waals surface area contributed by atoms with Crippen molar-refractivity contribution < 1.29 is 19.1 Å². The summed E-state index contributed by atoms with van der Waals surface area (Å²) in [6, 6.07) is 7.89. The maximum absolute atomic E-state index is 12.0. The highest BCUT2D eigenvalue weighted by Crippen LogP contribution is 2.30. The van der Waals surface area contributed by atoms with Crippen LogP contribution in [0.4, 0.5) is 4.79 Å². The molecule has 0 aliphatic carbocycles. The highest BCUT2D eigenvalue weighted by Gasteiger charge is 2.38. The molecule has 0 unspecified atom stereocenters. The van der Waals surface area contributed by atoms with Crippen LogP contribution in [-0.2, 0) is 14.3 Å². The number of benzene rings is 1. The summed E-state index contributed by atoms with van der Waals surface area (Å²) in [6.45, 7) is 4.62. The van der Waals surface area contributed by atoms with Gasteiger partial charge in [-0.05, 0) is 31.0 Å². The molecular weight excluding hydrogens is 370 g/mol. The van der Waals surface area contributed by atoms with Gasteiger partial charge in [0.15, 0.2) is 0 Å². The van der Waals surface area contributed by atoms with Crippen LogP contribution in [0, 0.1) is 0 Å². The molecule has 148 valence electrons. The Balaban J connectivity index is 1.42. The van der Waals surface area contributed by atoms with E-state index in [0.29, 0.717) is 24.3 Å². The van der Waals surface area contributed by atoms with Gasteiger partial charge in [-0.2, -0.15) is 0 Å². The minimum Gasteiger partial charge on any atom is -0.466 e. The van der Waals surface area contributed by atoms with Crippen LogP contribution in [0.1, 0.15) is 31.4 Å². The predicted octanol–water partition coefficient (Wildman–Crippen LogP) is 2.11. The number of hydrogen-bond acceptors (Lipinski definition) is 5. The molecule has 1 aromatic rings. The molecule has 2 aliphatic rings. The van der Waals surface area contributed by atoms with Gasteiger partial charge in [-0.3, -0.25) is 9.69 Å². The summed E-state index contributed by atoms with van der Waals surface area (Å²) >= 11 is 5.95. The molecule has 8 heteroatoms. The van der Waals surface area contributed by atoms with E-state index in [9.17, 15) is 9.59 Å². The van der Waals surface area contributed by atoms with E-state index in [-0.39, 0.29) is 37.1 Å². The molecule has 2 fully saturated rings. The number of urea groups is 1. The Morgan fingerprint density at radius 1 is 1.30 bits per heavy atom. The zero-order valence-corrected chi connectivity index (χ0v) is 16.2. The van der Waals surface area contributed by atoms with E-state index < -0.39 is 0 Å². The van der Waals surface area contributed by atoms with Crippen LogP contribution < -0.4 is 10.6 Å². The number of fused-ring (bicyclic) bond motifs is 1. The van der Waals surface area contributed by atoms with Gasteiger partial charge in [-0.25, -0.2) is 4.79 Å². The van der Waals surface area contributed by atoms with Crippen molar-refractivity contribution in [3.8, 4) is 0 Å². The molecule has 3 rings (SSSR count). The van der Waals surface area contributed by atoms with Crippen molar-refractivity contribution in [2.24, 2.45) is 0 Å². The molecule has 1 aromatic carbocycles. The Labute approximate surface area is 164 Å². The van der Waals surface area contributed by atoms with Crippen molar-refractivity contribution in [3.05, 3.63) is 34.9 Å². The van der Waals surface area contributed by atoms with Gasteiger partial charge in [0.05, 0.1) is 25.7 Å². The number of nitrogens with zero attached hydrogens (tertiary/aromatic N) is 1. The summed E-state index contributed by atoms with van der Waals surface area (Å²) in [5.41, 5.74) is 1.12. The fourth-order valence-electron chi connectivity index (χ4n) is 3.61. The smallest absolute Gasteiger partial charge is 0.315 e. The topological polar surface area (TPSA) is 79.9 Å². The fourth-order valence-corrected chi connectivity index (χ4v) is 3.73. The number of carbonyl (C=O) groups excluding carboxylic acids is 2.